The first-order chi connectivity index (χ1) is 16.6. The average Bonchev–Trinajstić information content (AvgIpc) is 3.29. The molecule has 4 aromatic rings. The van der Waals surface area contributed by atoms with Gasteiger partial charge in [0.1, 0.15) is 6.07 Å². The van der Waals surface area contributed by atoms with E-state index in [0.717, 1.165) is 40.1 Å². The van der Waals surface area contributed by atoms with Gasteiger partial charge in [-0.05, 0) is 47.9 Å². The lowest BCUT2D eigenvalue weighted by molar-refractivity contribution is 0.221. The number of halogens is 2. The number of benzene rings is 3. The van der Waals surface area contributed by atoms with Crippen LogP contribution in [0.25, 0.3) is 11.1 Å². The molecule has 0 fully saturated rings. The van der Waals surface area contributed by atoms with Crippen LogP contribution in [0.3, 0.4) is 0 Å². The van der Waals surface area contributed by atoms with E-state index in [9.17, 15) is 5.26 Å². The minimum Gasteiger partial charge on any atom is -0.336 e. The van der Waals surface area contributed by atoms with Crippen LogP contribution in [0.15, 0.2) is 79.3 Å². The number of nitriles is 2. The predicted octanol–water partition coefficient (Wildman–Crippen LogP) is 6.59. The third kappa shape index (κ3) is 5.78. The first-order valence-corrected chi connectivity index (χ1v) is 11.4. The van der Waals surface area contributed by atoms with E-state index in [-0.39, 0.29) is 30.9 Å². The minimum absolute atomic E-state index is 0. The monoisotopic (exact) mass is 517 g/mol. The van der Waals surface area contributed by atoms with Gasteiger partial charge in [-0.15, -0.1) is 24.8 Å². The molecule has 3 aromatic carbocycles. The molecule has 1 atom stereocenters. The van der Waals surface area contributed by atoms with E-state index >= 15 is 0 Å². The normalized spacial score (nSPS) is 11.1. The summed E-state index contributed by atoms with van der Waals surface area (Å²) < 4.78 is 2.02. The van der Waals surface area contributed by atoms with Gasteiger partial charge >= 0.3 is 0 Å². The molecule has 1 aromatic heterocycles. The van der Waals surface area contributed by atoms with Crippen LogP contribution < -0.4 is 0 Å². The number of aryl methyl sites for hydroxylation is 2. The molecule has 36 heavy (non-hydrogen) atoms. The molecule has 0 spiro atoms. The lowest BCUT2D eigenvalue weighted by Gasteiger charge is -2.32. The molecule has 7 heteroatoms. The highest BCUT2D eigenvalue weighted by Crippen LogP contribution is 2.36. The summed E-state index contributed by atoms with van der Waals surface area (Å²) in [5, 5.41) is 19.5. The Hall–Kier alpha value is -3.61. The van der Waals surface area contributed by atoms with E-state index in [1.807, 2.05) is 66.3 Å². The second kappa shape index (κ2) is 12.9. The fourth-order valence-corrected chi connectivity index (χ4v) is 4.50. The van der Waals surface area contributed by atoms with Crippen molar-refractivity contribution in [2.24, 2.45) is 7.05 Å². The Kier molecular flexibility index (Phi) is 10.3. The molecule has 0 bridgehead atoms. The highest BCUT2D eigenvalue weighted by atomic mass is 35.5. The summed E-state index contributed by atoms with van der Waals surface area (Å²) in [6.45, 7) is 5.65. The smallest absolute Gasteiger partial charge is 0.100 e. The Morgan fingerprint density at radius 1 is 0.917 bits per heavy atom. The molecule has 5 nitrogen and oxygen atoms in total. The van der Waals surface area contributed by atoms with Crippen LogP contribution in [0.1, 0.15) is 46.5 Å². The van der Waals surface area contributed by atoms with Crippen LogP contribution in [0.4, 0.5) is 0 Å². The Labute approximate surface area is 225 Å². The summed E-state index contributed by atoms with van der Waals surface area (Å²) in [7, 11) is 1.99. The number of aromatic nitrogens is 2. The molecule has 0 amide bonds. The van der Waals surface area contributed by atoms with Crippen LogP contribution in [-0.2, 0) is 13.6 Å². The lowest BCUT2D eigenvalue weighted by Crippen LogP contribution is -2.31. The molecule has 0 aliphatic carbocycles. The molecule has 0 aliphatic rings. The molecular weight excluding hydrogens is 489 g/mol. The Morgan fingerprint density at radius 2 is 1.61 bits per heavy atom. The average molecular weight is 518 g/mol. The predicted molar refractivity (Wildman–Crippen MR) is 148 cm³/mol. The summed E-state index contributed by atoms with van der Waals surface area (Å²) in [5.41, 5.74) is 7.57. The van der Waals surface area contributed by atoms with Crippen LogP contribution in [-0.4, -0.2) is 21.0 Å². The van der Waals surface area contributed by atoms with Gasteiger partial charge < -0.3 is 4.57 Å². The summed E-state index contributed by atoms with van der Waals surface area (Å²) in [6.07, 6.45) is 3.68. The third-order valence-corrected chi connectivity index (χ3v) is 6.31. The highest BCUT2D eigenvalue weighted by Gasteiger charge is 2.28. The van der Waals surface area contributed by atoms with Gasteiger partial charge in [0.15, 0.2) is 0 Å². The standard InChI is InChI=1S/C29H27N5.2ClH/c1-4-34(19-23-14-12-22(16-30)13-15-23)29(28-18-32-20-33(28)3)26-11-7-10-25(27(26)17-31)24-9-6-5-8-21(24)2;;/h5-15,18,20,29H,4,19H2,1-3H3;2*1H. The molecule has 184 valence electrons. The van der Waals surface area contributed by atoms with Crippen LogP contribution >= 0.6 is 24.8 Å². The van der Waals surface area contributed by atoms with Gasteiger partial charge in [0.05, 0.1) is 41.5 Å². The maximum Gasteiger partial charge on any atom is 0.100 e. The summed E-state index contributed by atoms with van der Waals surface area (Å²) >= 11 is 0. The van der Waals surface area contributed by atoms with E-state index in [4.69, 9.17) is 5.26 Å². The van der Waals surface area contributed by atoms with Crippen molar-refractivity contribution in [2.75, 3.05) is 6.54 Å². The lowest BCUT2D eigenvalue weighted by atomic mass is 9.89. The quantitative estimate of drug-likeness (QED) is 0.277. The largest absolute Gasteiger partial charge is 0.336 e. The fourth-order valence-electron chi connectivity index (χ4n) is 4.50. The number of imidazole rings is 1. The minimum atomic E-state index is -0.160. The second-order valence-corrected chi connectivity index (χ2v) is 8.40. The van der Waals surface area contributed by atoms with E-state index in [0.29, 0.717) is 17.7 Å². The third-order valence-electron chi connectivity index (χ3n) is 6.31. The number of hydrogen-bond acceptors (Lipinski definition) is 4. The molecule has 0 saturated carbocycles. The van der Waals surface area contributed by atoms with E-state index < -0.39 is 0 Å². The van der Waals surface area contributed by atoms with Crippen LogP contribution in [0.2, 0.25) is 0 Å². The van der Waals surface area contributed by atoms with Crippen molar-refractivity contribution in [2.45, 2.75) is 26.4 Å². The first-order valence-electron chi connectivity index (χ1n) is 11.4. The second-order valence-electron chi connectivity index (χ2n) is 8.40. The molecule has 1 unspecified atom stereocenters. The zero-order valence-corrected chi connectivity index (χ0v) is 22.2. The summed E-state index contributed by atoms with van der Waals surface area (Å²) in [4.78, 5) is 6.73. The molecule has 0 saturated heterocycles. The highest BCUT2D eigenvalue weighted by molar-refractivity contribution is 5.85. The van der Waals surface area contributed by atoms with Crippen molar-refractivity contribution in [3.8, 4) is 23.3 Å². The fraction of sp³-hybridized carbons (Fsp3) is 0.207. The van der Waals surface area contributed by atoms with Gasteiger partial charge in [0.2, 0.25) is 0 Å². The van der Waals surface area contributed by atoms with E-state index in [2.05, 4.69) is 54.1 Å². The molecule has 0 aliphatic heterocycles. The summed E-state index contributed by atoms with van der Waals surface area (Å²) in [5.74, 6) is 0. The van der Waals surface area contributed by atoms with Crippen molar-refractivity contribution in [1.29, 1.82) is 10.5 Å². The Balaban J connectivity index is 0.00000228. The van der Waals surface area contributed by atoms with Crippen molar-refractivity contribution in [3.05, 3.63) is 113 Å². The maximum atomic E-state index is 10.3. The zero-order chi connectivity index (χ0) is 24.1. The van der Waals surface area contributed by atoms with Gasteiger partial charge in [-0.25, -0.2) is 4.98 Å². The van der Waals surface area contributed by atoms with Crippen LogP contribution in [0.5, 0.6) is 0 Å². The molecule has 0 N–H and O–H groups in total. The van der Waals surface area contributed by atoms with Gasteiger partial charge in [-0.1, -0.05) is 61.5 Å². The Bertz CT molecular complexity index is 1380. The van der Waals surface area contributed by atoms with E-state index in [1.165, 1.54) is 0 Å². The van der Waals surface area contributed by atoms with Gasteiger partial charge in [-0.3, -0.25) is 4.90 Å². The summed E-state index contributed by atoms with van der Waals surface area (Å²) in [6, 6.07) is 26.5. The van der Waals surface area contributed by atoms with Gasteiger partial charge in [0.25, 0.3) is 0 Å². The molecule has 0 radical (unpaired) electrons. The zero-order valence-electron chi connectivity index (χ0n) is 20.5. The van der Waals surface area contributed by atoms with Crippen molar-refractivity contribution >= 4 is 24.8 Å². The van der Waals surface area contributed by atoms with Crippen LogP contribution in [0, 0.1) is 29.6 Å². The maximum absolute atomic E-state index is 10.3. The topological polar surface area (TPSA) is 68.6 Å². The van der Waals surface area contributed by atoms with Gasteiger partial charge in [0, 0.05) is 19.2 Å². The molecular formula is C29H29Cl2N5. The van der Waals surface area contributed by atoms with Crippen molar-refractivity contribution in [1.82, 2.24) is 14.5 Å². The number of rotatable bonds is 7. The van der Waals surface area contributed by atoms with E-state index in [1.54, 1.807) is 6.33 Å². The van der Waals surface area contributed by atoms with Crippen molar-refractivity contribution < 1.29 is 0 Å². The molecule has 4 rings (SSSR count). The SMILES string of the molecule is CCN(Cc1ccc(C#N)cc1)C(c1cccc(-c2ccccc2C)c1C#N)c1cncn1C.Cl.Cl. The number of hydrogen-bond donors (Lipinski definition) is 0. The number of nitrogens with zero attached hydrogens (tertiary/aromatic N) is 5. The van der Waals surface area contributed by atoms with Crippen molar-refractivity contribution in [3.63, 3.8) is 0 Å². The van der Waals surface area contributed by atoms with Gasteiger partial charge in [-0.2, -0.15) is 10.5 Å². The first kappa shape index (κ1) is 28.6. The Morgan fingerprint density at radius 3 is 2.19 bits per heavy atom. The molecule has 1 heterocycles.